The van der Waals surface area contributed by atoms with Gasteiger partial charge in [0, 0.05) is 18.2 Å². The maximum absolute atomic E-state index is 14.6. The third-order valence-corrected chi connectivity index (χ3v) is 5.29. The van der Waals surface area contributed by atoms with Crippen molar-refractivity contribution in [2.24, 2.45) is 0 Å². The van der Waals surface area contributed by atoms with Gasteiger partial charge in [-0.1, -0.05) is 18.2 Å². The molecular formula is C21H19F2N7O. The van der Waals surface area contributed by atoms with Crippen molar-refractivity contribution in [2.45, 2.75) is 19.5 Å². The molecule has 1 aliphatic rings. The molecule has 0 radical (unpaired) electrons. The topological polar surface area (TPSA) is 84.8 Å². The molecule has 0 saturated heterocycles. The minimum absolute atomic E-state index is 0.179. The van der Waals surface area contributed by atoms with Crippen LogP contribution < -0.4 is 9.64 Å². The van der Waals surface area contributed by atoms with Crippen LogP contribution in [0.25, 0.3) is 11.5 Å². The van der Waals surface area contributed by atoms with Crippen LogP contribution in [0.1, 0.15) is 16.8 Å². The molecule has 0 spiro atoms. The van der Waals surface area contributed by atoms with Gasteiger partial charge in [0.1, 0.15) is 11.5 Å². The van der Waals surface area contributed by atoms with Gasteiger partial charge in [0.2, 0.25) is 5.88 Å². The minimum atomic E-state index is -0.510. The third-order valence-electron chi connectivity index (χ3n) is 5.29. The predicted molar refractivity (Wildman–Crippen MR) is 109 cm³/mol. The lowest BCUT2D eigenvalue weighted by atomic mass is 10.1. The molecule has 8 nitrogen and oxygen atoms in total. The summed E-state index contributed by atoms with van der Waals surface area (Å²) in [5.74, 6) is 0.0488. The lowest BCUT2D eigenvalue weighted by molar-refractivity contribution is 0.365. The maximum Gasteiger partial charge on any atom is 0.212 e. The zero-order chi connectivity index (χ0) is 21.4. The Kier molecular flexibility index (Phi) is 4.81. The third kappa shape index (κ3) is 3.60. The average molecular weight is 423 g/mol. The SMILES string of the molecule is COc1cc(-c2ncc(F)c(N3CCc4cn[nH]c4C3)n2)nn1Cc1ccccc1F. The Morgan fingerprint density at radius 3 is 2.87 bits per heavy atom. The molecule has 1 N–H and O–H groups in total. The normalized spacial score (nSPS) is 13.3. The lowest BCUT2D eigenvalue weighted by Crippen LogP contribution is -2.31. The summed E-state index contributed by atoms with van der Waals surface area (Å²) in [5, 5.41) is 11.5. The van der Waals surface area contributed by atoms with E-state index in [0.717, 1.165) is 23.9 Å². The number of fused-ring (bicyclic) bond motifs is 1. The van der Waals surface area contributed by atoms with Crippen LogP contribution in [-0.2, 0) is 19.5 Å². The number of aromatic amines is 1. The number of ether oxygens (including phenoxy) is 1. The Morgan fingerprint density at radius 2 is 2.03 bits per heavy atom. The van der Waals surface area contributed by atoms with E-state index in [9.17, 15) is 8.78 Å². The summed E-state index contributed by atoms with van der Waals surface area (Å²) >= 11 is 0. The second-order valence-electron chi connectivity index (χ2n) is 7.23. The Morgan fingerprint density at radius 1 is 1.16 bits per heavy atom. The van der Waals surface area contributed by atoms with Crippen molar-refractivity contribution in [3.63, 3.8) is 0 Å². The van der Waals surface area contributed by atoms with Crippen molar-refractivity contribution < 1.29 is 13.5 Å². The number of hydrogen-bond donors (Lipinski definition) is 1. The van der Waals surface area contributed by atoms with E-state index >= 15 is 0 Å². The molecule has 0 unspecified atom stereocenters. The van der Waals surface area contributed by atoms with Gasteiger partial charge >= 0.3 is 0 Å². The van der Waals surface area contributed by atoms with E-state index in [1.165, 1.54) is 17.9 Å². The molecular weight excluding hydrogens is 404 g/mol. The second-order valence-corrected chi connectivity index (χ2v) is 7.23. The van der Waals surface area contributed by atoms with Crippen molar-refractivity contribution in [1.29, 1.82) is 0 Å². The molecule has 0 fully saturated rings. The highest BCUT2D eigenvalue weighted by molar-refractivity contribution is 5.55. The molecule has 0 atom stereocenters. The van der Waals surface area contributed by atoms with Crippen LogP contribution in [0.15, 0.2) is 42.7 Å². The van der Waals surface area contributed by atoms with Crippen molar-refractivity contribution in [1.82, 2.24) is 29.9 Å². The maximum atomic E-state index is 14.6. The summed E-state index contributed by atoms with van der Waals surface area (Å²) in [5.41, 5.74) is 2.96. The Labute approximate surface area is 176 Å². The van der Waals surface area contributed by atoms with Gasteiger partial charge in [-0.05, 0) is 18.1 Å². The molecule has 5 rings (SSSR count). The van der Waals surface area contributed by atoms with Crippen LogP contribution in [0.4, 0.5) is 14.6 Å². The van der Waals surface area contributed by atoms with E-state index in [1.807, 2.05) is 4.90 Å². The molecule has 0 aliphatic carbocycles. The fourth-order valence-corrected chi connectivity index (χ4v) is 3.67. The van der Waals surface area contributed by atoms with Gasteiger partial charge in [-0.25, -0.2) is 23.4 Å². The molecule has 4 aromatic rings. The molecule has 10 heteroatoms. The molecule has 0 bridgehead atoms. The van der Waals surface area contributed by atoms with E-state index in [0.29, 0.717) is 30.2 Å². The monoisotopic (exact) mass is 423 g/mol. The van der Waals surface area contributed by atoms with Crippen LogP contribution in [0.2, 0.25) is 0 Å². The highest BCUT2D eigenvalue weighted by atomic mass is 19.1. The first kappa shape index (κ1) is 19.2. The first-order valence-corrected chi connectivity index (χ1v) is 9.76. The van der Waals surface area contributed by atoms with Crippen molar-refractivity contribution in [3.8, 4) is 17.4 Å². The second kappa shape index (κ2) is 7.78. The lowest BCUT2D eigenvalue weighted by Gasteiger charge is -2.27. The van der Waals surface area contributed by atoms with E-state index in [-0.39, 0.29) is 24.0 Å². The van der Waals surface area contributed by atoms with Gasteiger partial charge in [0.15, 0.2) is 17.5 Å². The fourth-order valence-electron chi connectivity index (χ4n) is 3.67. The zero-order valence-corrected chi connectivity index (χ0v) is 16.7. The largest absolute Gasteiger partial charge is 0.481 e. The molecule has 0 saturated carbocycles. The smallest absolute Gasteiger partial charge is 0.212 e. The van der Waals surface area contributed by atoms with Crippen molar-refractivity contribution >= 4 is 5.82 Å². The average Bonchev–Trinajstić information content (AvgIpc) is 3.42. The highest BCUT2D eigenvalue weighted by Crippen LogP contribution is 2.27. The first-order chi connectivity index (χ1) is 15.1. The molecule has 31 heavy (non-hydrogen) atoms. The summed E-state index contributed by atoms with van der Waals surface area (Å²) in [7, 11) is 1.51. The number of nitrogens with zero attached hydrogens (tertiary/aromatic N) is 6. The fraction of sp³-hybridized carbons (Fsp3) is 0.238. The summed E-state index contributed by atoms with van der Waals surface area (Å²) in [4.78, 5) is 10.4. The van der Waals surface area contributed by atoms with Crippen LogP contribution in [0.3, 0.4) is 0 Å². The highest BCUT2D eigenvalue weighted by Gasteiger charge is 2.23. The molecule has 4 heterocycles. The quantitative estimate of drug-likeness (QED) is 0.531. The number of methoxy groups -OCH3 is 1. The number of aromatic nitrogens is 6. The van der Waals surface area contributed by atoms with Crippen LogP contribution in [-0.4, -0.2) is 43.6 Å². The Bertz CT molecular complexity index is 1240. The van der Waals surface area contributed by atoms with E-state index in [1.54, 1.807) is 30.5 Å². The summed E-state index contributed by atoms with van der Waals surface area (Å²) in [6.45, 7) is 1.28. The van der Waals surface area contributed by atoms with Crippen LogP contribution in [0.5, 0.6) is 5.88 Å². The number of rotatable bonds is 5. The Hall–Kier alpha value is -3.82. The van der Waals surface area contributed by atoms with E-state index in [2.05, 4.69) is 25.3 Å². The van der Waals surface area contributed by atoms with E-state index < -0.39 is 5.82 Å². The summed E-state index contributed by atoms with van der Waals surface area (Å²) < 4.78 is 35.5. The van der Waals surface area contributed by atoms with Gasteiger partial charge < -0.3 is 9.64 Å². The summed E-state index contributed by atoms with van der Waals surface area (Å²) in [6, 6.07) is 8.12. The molecule has 1 aromatic carbocycles. The predicted octanol–water partition coefficient (Wildman–Crippen LogP) is 2.96. The molecule has 1 aliphatic heterocycles. The number of H-pyrrole nitrogens is 1. The Balaban J connectivity index is 1.46. The van der Waals surface area contributed by atoms with Gasteiger partial charge in [-0.2, -0.15) is 10.2 Å². The van der Waals surface area contributed by atoms with Crippen LogP contribution >= 0.6 is 0 Å². The van der Waals surface area contributed by atoms with E-state index in [4.69, 9.17) is 4.74 Å². The molecule has 158 valence electrons. The minimum Gasteiger partial charge on any atom is -0.481 e. The number of anilines is 1. The van der Waals surface area contributed by atoms with Crippen molar-refractivity contribution in [2.75, 3.05) is 18.6 Å². The van der Waals surface area contributed by atoms with Gasteiger partial charge in [0.25, 0.3) is 0 Å². The molecule has 3 aromatic heterocycles. The number of benzene rings is 1. The number of nitrogens with one attached hydrogen (secondary N) is 1. The number of hydrogen-bond acceptors (Lipinski definition) is 6. The van der Waals surface area contributed by atoms with Gasteiger partial charge in [-0.3, -0.25) is 5.10 Å². The molecule has 0 amide bonds. The summed E-state index contributed by atoms with van der Waals surface area (Å²) in [6.07, 6.45) is 3.68. The van der Waals surface area contributed by atoms with Crippen molar-refractivity contribution in [3.05, 3.63) is 71.2 Å². The van der Waals surface area contributed by atoms with Gasteiger partial charge in [0.05, 0.1) is 38.3 Å². The zero-order valence-electron chi connectivity index (χ0n) is 16.7. The number of halogens is 2. The first-order valence-electron chi connectivity index (χ1n) is 9.76. The van der Waals surface area contributed by atoms with Gasteiger partial charge in [-0.15, -0.1) is 0 Å². The van der Waals surface area contributed by atoms with Crippen LogP contribution in [0, 0.1) is 11.6 Å². The standard InChI is InChI=1S/C21H19F2N7O/c1-31-19-8-17(28-30(19)11-14-4-2-3-5-15(14)22)20-24-10-16(23)21(26-20)29-7-6-13-9-25-27-18(13)12-29/h2-5,8-10H,6-7,11-12H2,1H3,(H,25,27).